The van der Waals surface area contributed by atoms with Crippen molar-refractivity contribution in [2.45, 2.75) is 26.8 Å². The minimum absolute atomic E-state index is 0.161. The van der Waals surface area contributed by atoms with Crippen LogP contribution in [-0.2, 0) is 20.0 Å². The van der Waals surface area contributed by atoms with Gasteiger partial charge in [-0.1, -0.05) is 6.92 Å². The van der Waals surface area contributed by atoms with Gasteiger partial charge in [-0.3, -0.25) is 19.1 Å². The number of hydrogen-bond donors (Lipinski definition) is 1. The van der Waals surface area contributed by atoms with E-state index in [1.54, 1.807) is 36.3 Å². The summed E-state index contributed by atoms with van der Waals surface area (Å²) in [4.78, 5) is 17.0. The predicted octanol–water partition coefficient (Wildman–Crippen LogP) is 3.79. The lowest BCUT2D eigenvalue weighted by molar-refractivity contribution is 0.0942. The van der Waals surface area contributed by atoms with Crippen molar-refractivity contribution in [1.29, 1.82) is 0 Å². The monoisotopic (exact) mass is 432 g/mol. The van der Waals surface area contributed by atoms with Gasteiger partial charge in [0.25, 0.3) is 5.91 Å². The Labute approximate surface area is 185 Å². The second-order valence-corrected chi connectivity index (χ2v) is 7.54. The molecule has 1 aromatic carbocycles. The number of aryl methyl sites for hydroxylation is 2. The zero-order chi connectivity index (χ0) is 22.7. The van der Waals surface area contributed by atoms with Crippen molar-refractivity contribution in [2.75, 3.05) is 6.54 Å². The van der Waals surface area contributed by atoms with Gasteiger partial charge in [-0.05, 0) is 55.8 Å². The highest BCUT2D eigenvalue weighted by Crippen LogP contribution is 2.26. The number of pyridine rings is 1. The van der Waals surface area contributed by atoms with E-state index in [2.05, 4.69) is 15.4 Å². The Morgan fingerprint density at radius 1 is 1.12 bits per heavy atom. The van der Waals surface area contributed by atoms with Crippen LogP contribution in [0.3, 0.4) is 0 Å². The van der Waals surface area contributed by atoms with Gasteiger partial charge in [0.05, 0.1) is 23.6 Å². The normalized spacial score (nSPS) is 11.0. The van der Waals surface area contributed by atoms with Gasteiger partial charge >= 0.3 is 0 Å². The van der Waals surface area contributed by atoms with Gasteiger partial charge in [0.1, 0.15) is 11.5 Å². The molecular weight excluding hydrogens is 407 g/mol. The Bertz CT molecular complexity index is 1230. The Hall–Kier alpha value is -3.81. The average molecular weight is 433 g/mol. The van der Waals surface area contributed by atoms with E-state index in [-0.39, 0.29) is 11.7 Å². The summed E-state index contributed by atoms with van der Waals surface area (Å²) in [5, 5.41) is 12.1. The summed E-state index contributed by atoms with van der Waals surface area (Å²) in [6.45, 7) is 4.80. The minimum Gasteiger partial charge on any atom is -0.349 e. The van der Waals surface area contributed by atoms with Crippen LogP contribution in [0, 0.1) is 12.7 Å². The van der Waals surface area contributed by atoms with Crippen LogP contribution < -0.4 is 5.32 Å². The van der Waals surface area contributed by atoms with Crippen LogP contribution in [0.15, 0.2) is 54.9 Å². The largest absolute Gasteiger partial charge is 0.349 e. The van der Waals surface area contributed by atoms with E-state index < -0.39 is 0 Å². The fraction of sp³-hybridized carbons (Fsp3) is 0.250. The van der Waals surface area contributed by atoms with E-state index >= 15 is 0 Å². The van der Waals surface area contributed by atoms with Gasteiger partial charge in [0.2, 0.25) is 0 Å². The summed E-state index contributed by atoms with van der Waals surface area (Å²) in [7, 11) is 1.78. The summed E-state index contributed by atoms with van der Waals surface area (Å²) in [6, 6.07) is 12.0. The Morgan fingerprint density at radius 3 is 2.56 bits per heavy atom. The molecule has 0 spiro atoms. The molecule has 3 heterocycles. The van der Waals surface area contributed by atoms with E-state index in [0.29, 0.717) is 18.8 Å². The Kier molecular flexibility index (Phi) is 6.11. The van der Waals surface area contributed by atoms with Crippen LogP contribution in [0.2, 0.25) is 0 Å². The van der Waals surface area contributed by atoms with E-state index in [0.717, 1.165) is 40.2 Å². The Balaban J connectivity index is 1.55. The standard InChI is InChI=1S/C24H25FN6O/c1-4-20-16(2)23(30(3)28-20)24(32)27-12-13-31-22(18-6-5-11-26-15-18)14-21(29-31)17-7-9-19(25)10-8-17/h5-11,14-15H,4,12-13H2,1-3H3,(H,27,32). The van der Waals surface area contributed by atoms with E-state index in [4.69, 9.17) is 5.10 Å². The number of carbonyl (C=O) groups excluding carboxylic acids is 1. The molecule has 0 saturated heterocycles. The van der Waals surface area contributed by atoms with Crippen molar-refractivity contribution >= 4 is 5.91 Å². The number of halogens is 1. The van der Waals surface area contributed by atoms with Gasteiger partial charge in [-0.2, -0.15) is 10.2 Å². The van der Waals surface area contributed by atoms with E-state index in [1.807, 2.05) is 36.7 Å². The van der Waals surface area contributed by atoms with Crippen molar-refractivity contribution in [3.8, 4) is 22.5 Å². The van der Waals surface area contributed by atoms with Gasteiger partial charge in [-0.25, -0.2) is 4.39 Å². The maximum atomic E-state index is 13.3. The lowest BCUT2D eigenvalue weighted by atomic mass is 10.1. The molecule has 1 N–H and O–H groups in total. The van der Waals surface area contributed by atoms with Gasteiger partial charge in [-0.15, -0.1) is 0 Å². The topological polar surface area (TPSA) is 77.6 Å². The lowest BCUT2D eigenvalue weighted by Gasteiger charge is -2.09. The molecule has 0 aliphatic rings. The molecule has 7 nitrogen and oxygen atoms in total. The number of aromatic nitrogens is 5. The molecular formula is C24H25FN6O. The van der Waals surface area contributed by atoms with Crippen LogP contribution in [0.1, 0.15) is 28.7 Å². The molecule has 4 rings (SSSR count). The molecule has 0 atom stereocenters. The molecule has 0 aliphatic carbocycles. The molecule has 1 amide bonds. The zero-order valence-corrected chi connectivity index (χ0v) is 18.3. The maximum absolute atomic E-state index is 13.3. The number of benzene rings is 1. The molecule has 0 aliphatic heterocycles. The molecule has 8 heteroatoms. The summed E-state index contributed by atoms with van der Waals surface area (Å²) in [5.41, 5.74) is 5.73. The Morgan fingerprint density at radius 2 is 1.91 bits per heavy atom. The third-order valence-electron chi connectivity index (χ3n) is 5.42. The van der Waals surface area contributed by atoms with Crippen LogP contribution in [-0.4, -0.2) is 37.0 Å². The van der Waals surface area contributed by atoms with E-state index in [1.165, 1.54) is 12.1 Å². The summed E-state index contributed by atoms with van der Waals surface area (Å²) >= 11 is 0. The first-order valence-electron chi connectivity index (χ1n) is 10.5. The second kappa shape index (κ2) is 9.13. The maximum Gasteiger partial charge on any atom is 0.269 e. The molecule has 0 unspecified atom stereocenters. The summed E-state index contributed by atoms with van der Waals surface area (Å²) < 4.78 is 16.8. The first-order valence-corrected chi connectivity index (χ1v) is 10.5. The average Bonchev–Trinajstić information content (AvgIpc) is 3.35. The molecule has 3 aromatic heterocycles. The second-order valence-electron chi connectivity index (χ2n) is 7.54. The zero-order valence-electron chi connectivity index (χ0n) is 18.3. The summed E-state index contributed by atoms with van der Waals surface area (Å²) in [6.07, 6.45) is 4.26. The molecule has 0 radical (unpaired) electrons. The third kappa shape index (κ3) is 4.30. The third-order valence-corrected chi connectivity index (χ3v) is 5.42. The van der Waals surface area contributed by atoms with Crippen LogP contribution >= 0.6 is 0 Å². The smallest absolute Gasteiger partial charge is 0.269 e. The molecule has 4 aromatic rings. The van der Waals surface area contributed by atoms with Gasteiger partial charge in [0, 0.05) is 42.7 Å². The predicted molar refractivity (Wildman–Crippen MR) is 121 cm³/mol. The molecule has 0 saturated carbocycles. The number of hydrogen-bond acceptors (Lipinski definition) is 4. The minimum atomic E-state index is -0.292. The highest BCUT2D eigenvalue weighted by Gasteiger charge is 2.18. The van der Waals surface area contributed by atoms with Crippen molar-refractivity contribution < 1.29 is 9.18 Å². The number of amides is 1. The van der Waals surface area contributed by atoms with Crippen molar-refractivity contribution in [3.63, 3.8) is 0 Å². The fourth-order valence-corrected chi connectivity index (χ4v) is 3.79. The van der Waals surface area contributed by atoms with Crippen LogP contribution in [0.25, 0.3) is 22.5 Å². The van der Waals surface area contributed by atoms with Crippen LogP contribution in [0.5, 0.6) is 0 Å². The summed E-state index contributed by atoms with van der Waals surface area (Å²) in [5.74, 6) is -0.453. The fourth-order valence-electron chi connectivity index (χ4n) is 3.79. The van der Waals surface area contributed by atoms with Gasteiger partial charge < -0.3 is 5.32 Å². The molecule has 32 heavy (non-hydrogen) atoms. The van der Waals surface area contributed by atoms with Crippen LogP contribution in [0.4, 0.5) is 4.39 Å². The van der Waals surface area contributed by atoms with Crippen molar-refractivity contribution in [3.05, 3.63) is 77.6 Å². The van der Waals surface area contributed by atoms with E-state index in [9.17, 15) is 9.18 Å². The number of rotatable bonds is 7. The number of carbonyl (C=O) groups is 1. The SMILES string of the molecule is CCc1nn(C)c(C(=O)NCCn2nc(-c3ccc(F)cc3)cc2-c2cccnc2)c1C. The molecule has 0 fully saturated rings. The number of nitrogens with zero attached hydrogens (tertiary/aromatic N) is 5. The molecule has 164 valence electrons. The highest BCUT2D eigenvalue weighted by molar-refractivity contribution is 5.94. The quantitative estimate of drug-likeness (QED) is 0.482. The van der Waals surface area contributed by atoms with Crippen molar-refractivity contribution in [2.24, 2.45) is 7.05 Å². The first-order chi connectivity index (χ1) is 15.5. The number of nitrogens with one attached hydrogen (secondary N) is 1. The van der Waals surface area contributed by atoms with Crippen molar-refractivity contribution in [1.82, 2.24) is 29.9 Å². The van der Waals surface area contributed by atoms with Gasteiger partial charge in [0.15, 0.2) is 0 Å². The molecule has 0 bridgehead atoms. The highest BCUT2D eigenvalue weighted by atomic mass is 19.1. The first kappa shape index (κ1) is 21.4. The lowest BCUT2D eigenvalue weighted by Crippen LogP contribution is -2.29.